The summed E-state index contributed by atoms with van der Waals surface area (Å²) in [4.78, 5) is 34.3. The molecule has 0 saturated carbocycles. The highest BCUT2D eigenvalue weighted by atomic mass is 16.4. The SMILES string of the molecule is CCC(C)C(NC(=O)C(NC(=O)CN)C(C)O)C(=O)O. The predicted molar refractivity (Wildman–Crippen MR) is 71.7 cm³/mol. The van der Waals surface area contributed by atoms with Crippen molar-refractivity contribution in [3.63, 3.8) is 0 Å². The van der Waals surface area contributed by atoms with Gasteiger partial charge in [-0.25, -0.2) is 4.79 Å². The van der Waals surface area contributed by atoms with Gasteiger partial charge in [-0.15, -0.1) is 0 Å². The van der Waals surface area contributed by atoms with Crippen LogP contribution >= 0.6 is 0 Å². The van der Waals surface area contributed by atoms with Crippen molar-refractivity contribution in [2.75, 3.05) is 6.54 Å². The van der Waals surface area contributed by atoms with Crippen LogP contribution in [-0.2, 0) is 14.4 Å². The van der Waals surface area contributed by atoms with Crippen molar-refractivity contribution in [2.45, 2.75) is 45.4 Å². The van der Waals surface area contributed by atoms with Crippen LogP contribution in [0.3, 0.4) is 0 Å². The molecule has 4 atom stereocenters. The highest BCUT2D eigenvalue weighted by molar-refractivity contribution is 5.91. The molecular formula is C12H23N3O5. The summed E-state index contributed by atoms with van der Waals surface area (Å²) in [5, 5.41) is 23.2. The van der Waals surface area contributed by atoms with Crippen LogP contribution in [0.5, 0.6) is 0 Å². The van der Waals surface area contributed by atoms with E-state index in [1.807, 2.05) is 0 Å². The molecule has 0 aromatic rings. The Labute approximate surface area is 117 Å². The molecule has 2 amide bonds. The summed E-state index contributed by atoms with van der Waals surface area (Å²) in [5.41, 5.74) is 5.12. The van der Waals surface area contributed by atoms with Gasteiger partial charge in [-0.05, 0) is 12.8 Å². The standard InChI is InChI=1S/C12H23N3O5/c1-4-6(2)9(12(19)20)15-11(18)10(7(3)16)14-8(17)5-13/h6-7,9-10,16H,4-5,13H2,1-3H3,(H,14,17)(H,15,18)(H,19,20). The summed E-state index contributed by atoms with van der Waals surface area (Å²) in [6, 6.07) is -2.32. The van der Waals surface area contributed by atoms with Gasteiger partial charge in [0.15, 0.2) is 0 Å². The minimum absolute atomic E-state index is 0.281. The van der Waals surface area contributed by atoms with Crippen molar-refractivity contribution in [1.82, 2.24) is 10.6 Å². The summed E-state index contributed by atoms with van der Waals surface area (Å²) in [5.74, 6) is -2.81. The molecule has 0 saturated heterocycles. The van der Waals surface area contributed by atoms with Gasteiger partial charge in [0.05, 0.1) is 12.6 Å². The predicted octanol–water partition coefficient (Wildman–Crippen LogP) is -1.57. The van der Waals surface area contributed by atoms with Crippen molar-refractivity contribution < 1.29 is 24.6 Å². The van der Waals surface area contributed by atoms with Crippen molar-refractivity contribution in [2.24, 2.45) is 11.7 Å². The van der Waals surface area contributed by atoms with Crippen molar-refractivity contribution in [3.8, 4) is 0 Å². The highest BCUT2D eigenvalue weighted by Crippen LogP contribution is 2.08. The number of nitrogens with two attached hydrogens (primary N) is 1. The zero-order chi connectivity index (χ0) is 15.9. The number of carbonyl (C=O) groups is 3. The fraction of sp³-hybridized carbons (Fsp3) is 0.750. The molecule has 4 unspecified atom stereocenters. The Morgan fingerprint density at radius 2 is 1.70 bits per heavy atom. The Balaban J connectivity index is 4.89. The Hall–Kier alpha value is -1.67. The molecule has 0 aliphatic carbocycles. The van der Waals surface area contributed by atoms with Gasteiger partial charge in [-0.3, -0.25) is 9.59 Å². The molecule has 0 spiro atoms. The first-order valence-electron chi connectivity index (χ1n) is 6.45. The number of rotatable bonds is 8. The lowest BCUT2D eigenvalue weighted by Gasteiger charge is -2.25. The van der Waals surface area contributed by atoms with Crippen LogP contribution in [-0.4, -0.2) is 52.7 Å². The van der Waals surface area contributed by atoms with Crippen LogP contribution in [0.15, 0.2) is 0 Å². The van der Waals surface area contributed by atoms with E-state index < -0.39 is 36.0 Å². The van der Waals surface area contributed by atoms with E-state index in [-0.39, 0.29) is 12.5 Å². The van der Waals surface area contributed by atoms with Crippen LogP contribution in [0.2, 0.25) is 0 Å². The second kappa shape index (κ2) is 8.49. The Morgan fingerprint density at radius 3 is 2.05 bits per heavy atom. The van der Waals surface area contributed by atoms with E-state index in [0.29, 0.717) is 6.42 Å². The van der Waals surface area contributed by atoms with Gasteiger partial charge in [0.25, 0.3) is 0 Å². The summed E-state index contributed by atoms with van der Waals surface area (Å²) in [6.07, 6.45) is -0.608. The summed E-state index contributed by atoms with van der Waals surface area (Å²) < 4.78 is 0. The number of hydrogen-bond donors (Lipinski definition) is 5. The number of amides is 2. The first kappa shape index (κ1) is 18.3. The molecule has 116 valence electrons. The molecule has 0 heterocycles. The number of hydrogen-bond acceptors (Lipinski definition) is 5. The normalized spacial score (nSPS) is 16.6. The number of carboxylic acids is 1. The third kappa shape index (κ3) is 5.54. The van der Waals surface area contributed by atoms with E-state index in [1.165, 1.54) is 6.92 Å². The van der Waals surface area contributed by atoms with E-state index in [1.54, 1.807) is 13.8 Å². The lowest BCUT2D eigenvalue weighted by atomic mass is 9.98. The quantitative estimate of drug-likeness (QED) is 0.365. The van der Waals surface area contributed by atoms with E-state index in [4.69, 9.17) is 10.8 Å². The molecule has 0 aliphatic rings. The zero-order valence-electron chi connectivity index (χ0n) is 11.9. The molecule has 0 aromatic heterocycles. The third-order valence-electron chi connectivity index (χ3n) is 3.04. The number of aliphatic carboxylic acids is 1. The van der Waals surface area contributed by atoms with Crippen molar-refractivity contribution in [1.29, 1.82) is 0 Å². The Bertz CT molecular complexity index is 359. The molecular weight excluding hydrogens is 266 g/mol. The first-order chi connectivity index (χ1) is 9.24. The molecule has 0 fully saturated rings. The molecule has 0 rings (SSSR count). The van der Waals surface area contributed by atoms with E-state index in [2.05, 4.69) is 10.6 Å². The number of carbonyl (C=O) groups excluding carboxylic acids is 2. The van der Waals surface area contributed by atoms with Gasteiger partial charge in [0.1, 0.15) is 12.1 Å². The van der Waals surface area contributed by atoms with Gasteiger partial charge in [-0.1, -0.05) is 20.3 Å². The van der Waals surface area contributed by atoms with E-state index >= 15 is 0 Å². The maximum atomic E-state index is 12.0. The molecule has 20 heavy (non-hydrogen) atoms. The average Bonchev–Trinajstić information content (AvgIpc) is 2.39. The minimum atomic E-state index is -1.24. The lowest BCUT2D eigenvalue weighted by molar-refractivity contribution is -0.144. The number of carboxylic acid groups (broad SMARTS) is 1. The fourth-order valence-corrected chi connectivity index (χ4v) is 1.56. The van der Waals surface area contributed by atoms with Crippen LogP contribution < -0.4 is 16.4 Å². The Kier molecular flexibility index (Phi) is 7.78. The molecule has 0 aromatic carbocycles. The molecule has 0 bridgehead atoms. The van der Waals surface area contributed by atoms with Crippen LogP contribution in [0, 0.1) is 5.92 Å². The Morgan fingerprint density at radius 1 is 1.15 bits per heavy atom. The van der Waals surface area contributed by atoms with Crippen LogP contribution in [0.4, 0.5) is 0 Å². The average molecular weight is 289 g/mol. The van der Waals surface area contributed by atoms with Gasteiger partial charge >= 0.3 is 5.97 Å². The monoisotopic (exact) mass is 289 g/mol. The third-order valence-corrected chi connectivity index (χ3v) is 3.04. The second-order valence-electron chi connectivity index (χ2n) is 4.70. The maximum Gasteiger partial charge on any atom is 0.326 e. The molecule has 8 nitrogen and oxygen atoms in total. The number of nitrogens with one attached hydrogen (secondary N) is 2. The molecule has 0 radical (unpaired) electrons. The molecule has 8 heteroatoms. The maximum absolute atomic E-state index is 12.0. The molecule has 0 aliphatic heterocycles. The van der Waals surface area contributed by atoms with Crippen LogP contribution in [0.1, 0.15) is 27.2 Å². The highest BCUT2D eigenvalue weighted by Gasteiger charge is 2.31. The minimum Gasteiger partial charge on any atom is -0.480 e. The summed E-state index contributed by atoms with van der Waals surface area (Å²) in [7, 11) is 0. The van der Waals surface area contributed by atoms with Crippen molar-refractivity contribution in [3.05, 3.63) is 0 Å². The lowest BCUT2D eigenvalue weighted by Crippen LogP contribution is -2.57. The van der Waals surface area contributed by atoms with Gasteiger partial charge in [0.2, 0.25) is 11.8 Å². The smallest absolute Gasteiger partial charge is 0.326 e. The van der Waals surface area contributed by atoms with Crippen LogP contribution in [0.25, 0.3) is 0 Å². The van der Waals surface area contributed by atoms with Gasteiger partial charge < -0.3 is 26.6 Å². The molecule has 6 N–H and O–H groups in total. The fourth-order valence-electron chi connectivity index (χ4n) is 1.56. The second-order valence-corrected chi connectivity index (χ2v) is 4.70. The first-order valence-corrected chi connectivity index (χ1v) is 6.45. The number of aliphatic hydroxyl groups excluding tert-OH is 1. The largest absolute Gasteiger partial charge is 0.480 e. The van der Waals surface area contributed by atoms with E-state index in [0.717, 1.165) is 0 Å². The summed E-state index contributed by atoms with van der Waals surface area (Å²) in [6.45, 7) is 4.48. The zero-order valence-corrected chi connectivity index (χ0v) is 11.9. The summed E-state index contributed by atoms with van der Waals surface area (Å²) >= 11 is 0. The van der Waals surface area contributed by atoms with Gasteiger partial charge in [0, 0.05) is 0 Å². The van der Waals surface area contributed by atoms with Gasteiger partial charge in [-0.2, -0.15) is 0 Å². The number of aliphatic hydroxyl groups is 1. The van der Waals surface area contributed by atoms with Crippen molar-refractivity contribution >= 4 is 17.8 Å². The van der Waals surface area contributed by atoms with E-state index in [9.17, 15) is 19.5 Å². The topological polar surface area (TPSA) is 142 Å².